The lowest BCUT2D eigenvalue weighted by Gasteiger charge is -1.86. The van der Waals surface area contributed by atoms with Gasteiger partial charge >= 0.3 is 5.97 Å². The van der Waals surface area contributed by atoms with Crippen molar-refractivity contribution in [3.63, 3.8) is 0 Å². The number of nitrogens with two attached hydrogens (primary N) is 1. The molecule has 0 amide bonds. The zero-order valence-corrected chi connectivity index (χ0v) is 5.61. The highest BCUT2D eigenvalue weighted by molar-refractivity contribution is 5.65. The van der Waals surface area contributed by atoms with Gasteiger partial charge in [-0.2, -0.15) is 5.90 Å². The van der Waals surface area contributed by atoms with Gasteiger partial charge in [-0.15, -0.1) is 0 Å². The van der Waals surface area contributed by atoms with Gasteiger partial charge < -0.3 is 10.2 Å². The van der Waals surface area contributed by atoms with E-state index in [-0.39, 0.29) is 13.2 Å². The minimum atomic E-state index is -0.558. The molecule has 0 aromatic rings. The van der Waals surface area contributed by atoms with Crippen molar-refractivity contribution in [3.05, 3.63) is 0 Å². The molecule has 0 rings (SSSR count). The van der Waals surface area contributed by atoms with Gasteiger partial charge in [0.25, 0.3) is 0 Å². The second-order valence-corrected chi connectivity index (χ2v) is 1.12. The number of aliphatic hydroxyl groups is 2. The van der Waals surface area contributed by atoms with Gasteiger partial charge in [0.1, 0.15) is 0 Å². The molecular formula is C4H11NO5. The molecule has 62 valence electrons. The highest BCUT2D eigenvalue weighted by atomic mass is 17.3. The van der Waals surface area contributed by atoms with E-state index in [0.717, 1.165) is 0 Å². The van der Waals surface area contributed by atoms with Crippen LogP contribution in [0.2, 0.25) is 0 Å². The van der Waals surface area contributed by atoms with E-state index in [4.69, 9.17) is 10.2 Å². The van der Waals surface area contributed by atoms with E-state index >= 15 is 0 Å². The molecule has 0 atom stereocenters. The summed E-state index contributed by atoms with van der Waals surface area (Å²) in [4.78, 5) is 16.8. The molecule has 10 heavy (non-hydrogen) atoms. The topological polar surface area (TPSA) is 102 Å². The summed E-state index contributed by atoms with van der Waals surface area (Å²) in [6.07, 6.45) is 0. The van der Waals surface area contributed by atoms with Crippen LogP contribution in [0.1, 0.15) is 6.92 Å². The van der Waals surface area contributed by atoms with Crippen LogP contribution in [0.4, 0.5) is 0 Å². The lowest BCUT2D eigenvalue weighted by atomic mass is 10.8. The first kappa shape index (κ1) is 12.0. The summed E-state index contributed by atoms with van der Waals surface area (Å²) in [6, 6.07) is 0. The number of hydrogen-bond donors (Lipinski definition) is 3. The Balaban J connectivity index is 0. The van der Waals surface area contributed by atoms with E-state index < -0.39 is 5.97 Å². The predicted octanol–water partition coefficient (Wildman–Crippen LogP) is -1.67. The summed E-state index contributed by atoms with van der Waals surface area (Å²) >= 11 is 0. The first-order valence-electron chi connectivity index (χ1n) is 2.44. The standard InChI is InChI=1S/C2H5NO3.C2H6O2/c1-2(4)5-6-3;3-1-2-4/h3H2,1H3;3-4H,1-2H2. The molecular weight excluding hydrogens is 142 g/mol. The van der Waals surface area contributed by atoms with Gasteiger partial charge in [-0.3, -0.25) is 4.89 Å². The lowest BCUT2D eigenvalue weighted by molar-refractivity contribution is -0.274. The molecule has 0 spiro atoms. The van der Waals surface area contributed by atoms with Gasteiger partial charge in [0, 0.05) is 6.92 Å². The molecule has 0 aliphatic carbocycles. The summed E-state index contributed by atoms with van der Waals surface area (Å²) in [7, 11) is 0. The third kappa shape index (κ3) is 26.6. The van der Waals surface area contributed by atoms with Crippen LogP contribution in [0.3, 0.4) is 0 Å². The van der Waals surface area contributed by atoms with E-state index in [1.54, 1.807) is 0 Å². The van der Waals surface area contributed by atoms with Gasteiger partial charge in [-0.25, -0.2) is 4.79 Å². The molecule has 0 saturated carbocycles. The number of aliphatic hydroxyl groups excluding tert-OH is 2. The molecule has 4 N–H and O–H groups in total. The van der Waals surface area contributed by atoms with E-state index in [2.05, 4.69) is 15.8 Å². The molecule has 0 heterocycles. The SMILES string of the molecule is CC(=O)OON.OCCO. The van der Waals surface area contributed by atoms with Crippen LogP contribution in [0, 0.1) is 0 Å². The van der Waals surface area contributed by atoms with Gasteiger partial charge in [0.2, 0.25) is 0 Å². The van der Waals surface area contributed by atoms with Crippen molar-refractivity contribution in [2.75, 3.05) is 13.2 Å². The highest BCUT2D eigenvalue weighted by Crippen LogP contribution is 1.66. The fraction of sp³-hybridized carbons (Fsp3) is 0.750. The van der Waals surface area contributed by atoms with Crippen molar-refractivity contribution >= 4 is 5.97 Å². The summed E-state index contributed by atoms with van der Waals surface area (Å²) in [5, 5.41) is 15.2. The molecule has 0 fully saturated rings. The molecule has 0 aliphatic heterocycles. The second kappa shape index (κ2) is 11.2. The molecule has 0 aromatic carbocycles. The molecule has 0 saturated heterocycles. The molecule has 0 unspecified atom stereocenters. The predicted molar refractivity (Wildman–Crippen MR) is 31.2 cm³/mol. The summed E-state index contributed by atoms with van der Waals surface area (Å²) in [5.74, 6) is 3.73. The molecule has 0 aromatic heterocycles. The quantitative estimate of drug-likeness (QED) is 0.323. The Kier molecular flexibility index (Phi) is 13.4. The zero-order valence-electron chi connectivity index (χ0n) is 5.61. The molecule has 0 radical (unpaired) electrons. The summed E-state index contributed by atoms with van der Waals surface area (Å²) in [6.45, 7) is 0.937. The Morgan fingerprint density at radius 1 is 1.50 bits per heavy atom. The number of hydrogen-bond acceptors (Lipinski definition) is 6. The van der Waals surface area contributed by atoms with Crippen molar-refractivity contribution in [1.82, 2.24) is 0 Å². The fourth-order valence-electron chi connectivity index (χ4n) is 0.0678. The summed E-state index contributed by atoms with van der Waals surface area (Å²) < 4.78 is 0. The van der Waals surface area contributed by atoms with E-state index in [1.807, 2.05) is 0 Å². The first-order valence-corrected chi connectivity index (χ1v) is 2.44. The largest absolute Gasteiger partial charge is 0.394 e. The van der Waals surface area contributed by atoms with Gasteiger partial charge in [-0.1, -0.05) is 4.99 Å². The van der Waals surface area contributed by atoms with Crippen molar-refractivity contribution in [3.8, 4) is 0 Å². The average Bonchev–Trinajstić information content (AvgIpc) is 1.89. The lowest BCUT2D eigenvalue weighted by Crippen LogP contribution is -2.04. The Bertz CT molecular complexity index is 74.0. The van der Waals surface area contributed by atoms with Crippen LogP contribution in [0.5, 0.6) is 0 Å². The maximum absolute atomic E-state index is 9.62. The number of carbonyl (C=O) groups excluding carboxylic acids is 1. The minimum Gasteiger partial charge on any atom is -0.394 e. The Morgan fingerprint density at radius 3 is 1.90 bits per heavy atom. The van der Waals surface area contributed by atoms with Crippen LogP contribution in [-0.2, 0) is 14.7 Å². The van der Waals surface area contributed by atoms with Crippen LogP contribution in [0.25, 0.3) is 0 Å². The third-order valence-electron chi connectivity index (χ3n) is 0.265. The molecule has 6 nitrogen and oxygen atoms in total. The Labute approximate surface area is 58.0 Å². The molecule has 6 heteroatoms. The van der Waals surface area contributed by atoms with Crippen molar-refractivity contribution in [2.45, 2.75) is 6.92 Å². The van der Waals surface area contributed by atoms with E-state index in [1.165, 1.54) is 6.92 Å². The Morgan fingerprint density at radius 2 is 1.90 bits per heavy atom. The highest BCUT2D eigenvalue weighted by Gasteiger charge is 1.84. The summed E-state index contributed by atoms with van der Waals surface area (Å²) in [5.41, 5.74) is 0. The van der Waals surface area contributed by atoms with Gasteiger partial charge in [0.05, 0.1) is 13.2 Å². The average molecular weight is 153 g/mol. The van der Waals surface area contributed by atoms with Crippen molar-refractivity contribution in [1.29, 1.82) is 0 Å². The van der Waals surface area contributed by atoms with Crippen LogP contribution in [-0.4, -0.2) is 29.4 Å². The monoisotopic (exact) mass is 153 g/mol. The first-order chi connectivity index (χ1) is 4.68. The van der Waals surface area contributed by atoms with Crippen molar-refractivity contribution in [2.24, 2.45) is 5.90 Å². The van der Waals surface area contributed by atoms with E-state index in [0.29, 0.717) is 0 Å². The van der Waals surface area contributed by atoms with E-state index in [9.17, 15) is 4.79 Å². The van der Waals surface area contributed by atoms with Crippen molar-refractivity contribution < 1.29 is 24.9 Å². The maximum Gasteiger partial charge on any atom is 0.341 e. The minimum absolute atomic E-state index is 0.125. The second-order valence-electron chi connectivity index (χ2n) is 1.12. The third-order valence-corrected chi connectivity index (χ3v) is 0.265. The number of carbonyl (C=O) groups is 1. The van der Waals surface area contributed by atoms with Crippen LogP contribution < -0.4 is 5.90 Å². The molecule has 0 aliphatic rings. The number of rotatable bonds is 2. The Hall–Kier alpha value is -0.690. The normalized spacial score (nSPS) is 7.60. The van der Waals surface area contributed by atoms with Crippen LogP contribution >= 0.6 is 0 Å². The van der Waals surface area contributed by atoms with Crippen LogP contribution in [0.15, 0.2) is 0 Å². The maximum atomic E-state index is 9.62. The molecule has 0 bridgehead atoms. The smallest absolute Gasteiger partial charge is 0.341 e. The zero-order chi connectivity index (χ0) is 8.41. The fourth-order valence-corrected chi connectivity index (χ4v) is 0.0678. The van der Waals surface area contributed by atoms with Gasteiger partial charge in [-0.05, 0) is 0 Å². The van der Waals surface area contributed by atoms with Gasteiger partial charge in [0.15, 0.2) is 0 Å².